The van der Waals surface area contributed by atoms with Gasteiger partial charge >= 0.3 is 0 Å². The van der Waals surface area contributed by atoms with E-state index < -0.39 is 5.60 Å². The third-order valence-electron chi connectivity index (χ3n) is 5.63. The first-order valence-electron chi connectivity index (χ1n) is 11.5. The van der Waals surface area contributed by atoms with E-state index in [0.29, 0.717) is 25.7 Å². The molecule has 7 nitrogen and oxygen atoms in total. The van der Waals surface area contributed by atoms with Gasteiger partial charge in [-0.3, -0.25) is 0 Å². The molecule has 1 aromatic heterocycles. The average Bonchev–Trinajstić information content (AvgIpc) is 3.14. The van der Waals surface area contributed by atoms with E-state index in [9.17, 15) is 5.11 Å². The number of halogens is 1. The van der Waals surface area contributed by atoms with Crippen LogP contribution in [0.1, 0.15) is 54.9 Å². The van der Waals surface area contributed by atoms with Crippen LogP contribution in [-0.2, 0) is 28.2 Å². The van der Waals surface area contributed by atoms with E-state index in [4.69, 9.17) is 18.9 Å². The van der Waals surface area contributed by atoms with Crippen LogP contribution in [0.2, 0.25) is 0 Å². The summed E-state index contributed by atoms with van der Waals surface area (Å²) < 4.78 is 17.0. The summed E-state index contributed by atoms with van der Waals surface area (Å²) in [6.45, 7) is 11.3. The molecular formula is C25H38IN3O4. The lowest BCUT2D eigenvalue weighted by molar-refractivity contribution is -0.0390. The zero-order chi connectivity index (χ0) is 23.0. The summed E-state index contributed by atoms with van der Waals surface area (Å²) >= 11 is 0. The molecule has 8 heteroatoms. The second-order valence-electron chi connectivity index (χ2n) is 8.59. The first-order valence-corrected chi connectivity index (χ1v) is 11.5. The summed E-state index contributed by atoms with van der Waals surface area (Å²) in [5.41, 5.74) is 1.98. The molecule has 33 heavy (non-hydrogen) atoms. The van der Waals surface area contributed by atoms with E-state index >= 15 is 0 Å². The number of furan rings is 1. The van der Waals surface area contributed by atoms with Crippen LogP contribution in [0.15, 0.2) is 39.7 Å². The fourth-order valence-electron chi connectivity index (χ4n) is 3.90. The fraction of sp³-hybridized carbons (Fsp3) is 0.560. The normalized spacial score (nSPS) is 16.7. The van der Waals surface area contributed by atoms with Crippen molar-refractivity contribution in [1.29, 1.82) is 0 Å². The fourth-order valence-corrected chi connectivity index (χ4v) is 3.90. The molecule has 1 saturated heterocycles. The lowest BCUT2D eigenvalue weighted by atomic mass is 9.96. The van der Waals surface area contributed by atoms with E-state index in [1.165, 1.54) is 0 Å². The molecule has 1 atom stereocenters. The molecule has 1 aliphatic rings. The molecule has 1 fully saturated rings. The number of hydrogen-bond donors (Lipinski definition) is 3. The summed E-state index contributed by atoms with van der Waals surface area (Å²) in [6.07, 6.45) is 2.21. The summed E-state index contributed by atoms with van der Waals surface area (Å²) in [5.74, 6) is 2.18. The first kappa shape index (κ1) is 27.6. The van der Waals surface area contributed by atoms with Crippen molar-refractivity contribution in [3.8, 4) is 0 Å². The molecule has 0 radical (unpaired) electrons. The number of aliphatic hydroxyl groups is 1. The number of aryl methyl sites for hydroxylation is 2. The van der Waals surface area contributed by atoms with E-state index in [-0.39, 0.29) is 30.1 Å². The van der Waals surface area contributed by atoms with E-state index in [1.54, 1.807) is 6.92 Å². The second kappa shape index (κ2) is 13.3. The molecule has 2 aromatic rings. The van der Waals surface area contributed by atoms with Crippen molar-refractivity contribution in [3.63, 3.8) is 0 Å². The average molecular weight is 572 g/mol. The highest BCUT2D eigenvalue weighted by Crippen LogP contribution is 2.26. The Morgan fingerprint density at radius 2 is 1.91 bits per heavy atom. The van der Waals surface area contributed by atoms with Crippen LogP contribution < -0.4 is 10.6 Å². The van der Waals surface area contributed by atoms with Crippen molar-refractivity contribution >= 4 is 29.9 Å². The third kappa shape index (κ3) is 8.59. The molecule has 0 amide bonds. The molecule has 0 saturated carbocycles. The molecule has 0 spiro atoms. The number of benzene rings is 1. The van der Waals surface area contributed by atoms with Gasteiger partial charge in [0.25, 0.3) is 0 Å². The molecule has 1 aliphatic heterocycles. The molecule has 3 rings (SSSR count). The molecule has 3 N–H and O–H groups in total. The largest absolute Gasteiger partial charge is 0.466 e. The van der Waals surface area contributed by atoms with Crippen molar-refractivity contribution in [1.82, 2.24) is 10.6 Å². The summed E-state index contributed by atoms with van der Waals surface area (Å²) in [6, 6.07) is 10.2. The van der Waals surface area contributed by atoms with Crippen molar-refractivity contribution < 1.29 is 19.0 Å². The molecule has 1 aromatic carbocycles. The van der Waals surface area contributed by atoms with Gasteiger partial charge in [0, 0.05) is 25.3 Å². The van der Waals surface area contributed by atoms with Gasteiger partial charge in [-0.25, -0.2) is 4.99 Å². The van der Waals surface area contributed by atoms with Gasteiger partial charge in [-0.2, -0.15) is 0 Å². The van der Waals surface area contributed by atoms with Gasteiger partial charge in [-0.15, -0.1) is 24.0 Å². The van der Waals surface area contributed by atoms with Crippen molar-refractivity contribution in [2.45, 2.75) is 65.4 Å². The number of ether oxygens (including phenoxy) is 2. The van der Waals surface area contributed by atoms with Crippen LogP contribution in [0.4, 0.5) is 0 Å². The van der Waals surface area contributed by atoms with Gasteiger partial charge in [0.2, 0.25) is 0 Å². The monoisotopic (exact) mass is 571 g/mol. The Morgan fingerprint density at radius 1 is 1.18 bits per heavy atom. The van der Waals surface area contributed by atoms with Crippen molar-refractivity contribution in [3.05, 3.63) is 58.5 Å². The van der Waals surface area contributed by atoms with Gasteiger partial charge in [-0.05, 0) is 57.7 Å². The Balaban J connectivity index is 0.00000385. The molecule has 1 unspecified atom stereocenters. The Hall–Kier alpha value is -1.62. The first-order chi connectivity index (χ1) is 15.4. The summed E-state index contributed by atoms with van der Waals surface area (Å²) in [7, 11) is 0. The van der Waals surface area contributed by atoms with Crippen molar-refractivity contribution in [2.24, 2.45) is 4.99 Å². The predicted molar refractivity (Wildman–Crippen MR) is 141 cm³/mol. The van der Waals surface area contributed by atoms with Crippen molar-refractivity contribution in [2.75, 3.05) is 26.3 Å². The highest BCUT2D eigenvalue weighted by atomic mass is 127. The third-order valence-corrected chi connectivity index (χ3v) is 5.63. The van der Waals surface area contributed by atoms with Gasteiger partial charge in [0.1, 0.15) is 17.1 Å². The number of hydrogen-bond acceptors (Lipinski definition) is 5. The Morgan fingerprint density at radius 3 is 2.58 bits per heavy atom. The summed E-state index contributed by atoms with van der Waals surface area (Å²) in [4.78, 5) is 4.70. The molecule has 184 valence electrons. The van der Waals surface area contributed by atoms with Crippen LogP contribution in [0.3, 0.4) is 0 Å². The zero-order valence-corrected chi connectivity index (χ0v) is 22.5. The van der Waals surface area contributed by atoms with Crippen LogP contribution in [-0.4, -0.2) is 43.5 Å². The highest BCUT2D eigenvalue weighted by molar-refractivity contribution is 14.0. The zero-order valence-electron chi connectivity index (χ0n) is 20.1. The van der Waals surface area contributed by atoms with E-state index in [0.717, 1.165) is 60.8 Å². The Labute approximate surface area is 214 Å². The van der Waals surface area contributed by atoms with E-state index in [2.05, 4.69) is 28.8 Å². The van der Waals surface area contributed by atoms with Crippen LogP contribution in [0, 0.1) is 13.8 Å². The Kier molecular flexibility index (Phi) is 11.1. The summed E-state index contributed by atoms with van der Waals surface area (Å²) in [5, 5.41) is 17.5. The number of nitrogens with one attached hydrogen (secondary N) is 2. The quantitative estimate of drug-likeness (QED) is 0.238. The van der Waals surface area contributed by atoms with E-state index in [1.807, 2.05) is 32.9 Å². The predicted octanol–water partition coefficient (Wildman–Crippen LogP) is 4.17. The maximum absolute atomic E-state index is 11.0. The van der Waals surface area contributed by atoms with Gasteiger partial charge < -0.3 is 29.6 Å². The lowest BCUT2D eigenvalue weighted by Gasteiger charge is -2.24. The number of aliphatic imine (C=N–C) groups is 1. The molecule has 0 aliphatic carbocycles. The lowest BCUT2D eigenvalue weighted by Crippen LogP contribution is -2.44. The minimum Gasteiger partial charge on any atom is -0.466 e. The maximum atomic E-state index is 11.0. The maximum Gasteiger partial charge on any atom is 0.191 e. The van der Waals surface area contributed by atoms with Gasteiger partial charge in [0.15, 0.2) is 5.96 Å². The number of guanidine groups is 1. The van der Waals surface area contributed by atoms with Gasteiger partial charge in [0.05, 0.1) is 25.8 Å². The molecule has 2 heterocycles. The molecular weight excluding hydrogens is 533 g/mol. The second-order valence-corrected chi connectivity index (χ2v) is 8.59. The highest BCUT2D eigenvalue weighted by Gasteiger charge is 2.27. The van der Waals surface area contributed by atoms with Gasteiger partial charge in [-0.1, -0.05) is 24.3 Å². The van der Waals surface area contributed by atoms with Crippen LogP contribution in [0.5, 0.6) is 0 Å². The minimum atomic E-state index is -1.07. The number of nitrogens with zero attached hydrogens (tertiary/aromatic N) is 1. The minimum absolute atomic E-state index is 0. The standard InChI is InChI=1S/C25H37N3O4.HI/c1-5-26-24(28-17-25(4,29)23-13-18(2)32-19(23)3)27-15-20-7-6-8-21(14-20)16-31-22-9-11-30-12-10-22;/h6-8,13-14,22,29H,5,9-12,15-17H2,1-4H3,(H2,26,27,28);1H. The smallest absolute Gasteiger partial charge is 0.191 e. The number of rotatable bonds is 9. The molecule has 0 bridgehead atoms. The van der Waals surface area contributed by atoms with Crippen LogP contribution in [0.25, 0.3) is 0 Å². The SMILES string of the molecule is CCNC(=NCc1cccc(COC2CCOCC2)c1)NCC(C)(O)c1cc(C)oc1C.I. The Bertz CT molecular complexity index is 892. The van der Waals surface area contributed by atoms with Crippen LogP contribution >= 0.6 is 24.0 Å². The topological polar surface area (TPSA) is 88.3 Å².